The van der Waals surface area contributed by atoms with E-state index in [1.54, 1.807) is 17.5 Å². The first-order chi connectivity index (χ1) is 10.3. The molecule has 0 bridgehead atoms. The topological polar surface area (TPSA) is 64.9 Å². The average Bonchev–Trinajstić information content (AvgIpc) is 3.16. The quantitative estimate of drug-likeness (QED) is 0.601. The van der Waals surface area contributed by atoms with Gasteiger partial charge in [-0.3, -0.25) is 4.98 Å². The van der Waals surface area contributed by atoms with Gasteiger partial charge in [-0.15, -0.1) is 11.3 Å². The van der Waals surface area contributed by atoms with Crippen LogP contribution in [-0.4, -0.2) is 10.1 Å². The second kappa shape index (κ2) is 4.71. The van der Waals surface area contributed by atoms with Crippen LogP contribution in [0.3, 0.4) is 0 Å². The van der Waals surface area contributed by atoms with Crippen LogP contribution in [0.25, 0.3) is 32.7 Å². The Bertz CT molecular complexity index is 907. The molecule has 0 amide bonds. The zero-order chi connectivity index (χ0) is 14.2. The molecule has 4 aromatic rings. The summed E-state index contributed by atoms with van der Waals surface area (Å²) in [7, 11) is 0. The highest BCUT2D eigenvalue weighted by molar-refractivity contribution is 7.13. The normalized spacial score (nSPS) is 11.0. The second-order valence-corrected chi connectivity index (χ2v) is 5.58. The Balaban J connectivity index is 2.03. The monoisotopic (exact) mass is 293 g/mol. The number of nitrogens with zero attached hydrogens (tertiary/aromatic N) is 2. The smallest absolute Gasteiger partial charge is 0.179 e. The van der Waals surface area contributed by atoms with Gasteiger partial charge in [0.25, 0.3) is 0 Å². The molecule has 0 aliphatic carbocycles. The lowest BCUT2D eigenvalue weighted by Gasteiger charge is -2.04. The van der Waals surface area contributed by atoms with Gasteiger partial charge < -0.3 is 10.3 Å². The number of pyridine rings is 1. The predicted molar refractivity (Wildman–Crippen MR) is 85.0 cm³/mol. The highest BCUT2D eigenvalue weighted by Crippen LogP contribution is 2.40. The third kappa shape index (κ3) is 1.90. The summed E-state index contributed by atoms with van der Waals surface area (Å²) in [6, 6.07) is 13.9. The minimum absolute atomic E-state index is 0.403. The highest BCUT2D eigenvalue weighted by atomic mass is 32.1. The molecule has 102 valence electrons. The van der Waals surface area contributed by atoms with Crippen molar-refractivity contribution in [3.8, 4) is 21.8 Å². The molecule has 0 spiro atoms. The summed E-state index contributed by atoms with van der Waals surface area (Å²) in [6.45, 7) is 0. The van der Waals surface area contributed by atoms with Crippen LogP contribution < -0.4 is 5.73 Å². The first-order valence-electron chi connectivity index (χ1n) is 6.48. The fourth-order valence-corrected chi connectivity index (χ4v) is 3.21. The Morgan fingerprint density at radius 1 is 1.05 bits per heavy atom. The molecule has 0 unspecified atom stereocenters. The summed E-state index contributed by atoms with van der Waals surface area (Å²) < 4.78 is 5.51. The molecule has 4 rings (SSSR count). The van der Waals surface area contributed by atoms with Gasteiger partial charge in [-0.1, -0.05) is 29.4 Å². The molecule has 0 aliphatic heterocycles. The SMILES string of the molecule is Nc1noc(-c2cccc3cccnc23)c1-c1cccs1. The first kappa shape index (κ1) is 12.1. The maximum absolute atomic E-state index is 6.00. The summed E-state index contributed by atoms with van der Waals surface area (Å²) >= 11 is 1.61. The molecule has 0 radical (unpaired) electrons. The maximum atomic E-state index is 6.00. The van der Waals surface area contributed by atoms with Crippen LogP contribution >= 0.6 is 11.3 Å². The minimum atomic E-state index is 0.403. The van der Waals surface area contributed by atoms with E-state index in [0.717, 1.165) is 26.9 Å². The van der Waals surface area contributed by atoms with Crippen molar-refractivity contribution in [2.75, 3.05) is 5.73 Å². The van der Waals surface area contributed by atoms with Gasteiger partial charge in [0, 0.05) is 22.0 Å². The van der Waals surface area contributed by atoms with Crippen molar-refractivity contribution in [2.45, 2.75) is 0 Å². The summed E-state index contributed by atoms with van der Waals surface area (Å²) in [4.78, 5) is 5.50. The van der Waals surface area contributed by atoms with Crippen molar-refractivity contribution in [3.05, 3.63) is 54.0 Å². The molecule has 3 aromatic heterocycles. The van der Waals surface area contributed by atoms with Crippen molar-refractivity contribution in [3.63, 3.8) is 0 Å². The summed E-state index contributed by atoms with van der Waals surface area (Å²) in [6.07, 6.45) is 1.77. The number of nitrogen functional groups attached to an aromatic ring is 1. The van der Waals surface area contributed by atoms with Gasteiger partial charge in [-0.05, 0) is 23.6 Å². The van der Waals surface area contributed by atoms with E-state index in [1.807, 2.05) is 47.8 Å². The van der Waals surface area contributed by atoms with Crippen molar-refractivity contribution in [1.29, 1.82) is 0 Å². The number of para-hydroxylation sites is 1. The number of benzene rings is 1. The molecule has 1 aromatic carbocycles. The van der Waals surface area contributed by atoms with Gasteiger partial charge in [-0.2, -0.15) is 0 Å². The molecule has 0 saturated carbocycles. The third-order valence-corrected chi connectivity index (χ3v) is 4.25. The lowest BCUT2D eigenvalue weighted by molar-refractivity contribution is 0.436. The Kier molecular flexibility index (Phi) is 2.72. The molecule has 0 fully saturated rings. The van der Waals surface area contributed by atoms with Crippen LogP contribution in [0.4, 0.5) is 5.82 Å². The van der Waals surface area contributed by atoms with Gasteiger partial charge in [0.15, 0.2) is 11.6 Å². The molecule has 0 aliphatic rings. The fourth-order valence-electron chi connectivity index (χ4n) is 2.43. The lowest BCUT2D eigenvalue weighted by atomic mass is 10.0. The number of aromatic nitrogens is 2. The van der Waals surface area contributed by atoms with E-state index in [2.05, 4.69) is 10.1 Å². The van der Waals surface area contributed by atoms with E-state index in [1.165, 1.54) is 0 Å². The van der Waals surface area contributed by atoms with E-state index in [4.69, 9.17) is 10.3 Å². The number of nitrogens with two attached hydrogens (primary N) is 1. The van der Waals surface area contributed by atoms with Gasteiger partial charge in [0.05, 0.1) is 11.1 Å². The number of hydrogen-bond acceptors (Lipinski definition) is 5. The highest BCUT2D eigenvalue weighted by Gasteiger charge is 2.20. The number of fused-ring (bicyclic) bond motifs is 1. The molecule has 5 heteroatoms. The fraction of sp³-hybridized carbons (Fsp3) is 0. The number of thiophene rings is 1. The Morgan fingerprint density at radius 3 is 2.81 bits per heavy atom. The Morgan fingerprint density at radius 2 is 1.95 bits per heavy atom. The molecule has 0 saturated heterocycles. The van der Waals surface area contributed by atoms with Crippen LogP contribution in [0.5, 0.6) is 0 Å². The molecule has 0 atom stereocenters. The van der Waals surface area contributed by atoms with Crippen molar-refractivity contribution in [1.82, 2.24) is 10.1 Å². The van der Waals surface area contributed by atoms with E-state index in [-0.39, 0.29) is 0 Å². The van der Waals surface area contributed by atoms with Gasteiger partial charge in [-0.25, -0.2) is 0 Å². The molecular weight excluding hydrogens is 282 g/mol. The van der Waals surface area contributed by atoms with Crippen LogP contribution in [-0.2, 0) is 0 Å². The van der Waals surface area contributed by atoms with E-state index in [0.29, 0.717) is 11.6 Å². The van der Waals surface area contributed by atoms with E-state index < -0.39 is 0 Å². The zero-order valence-corrected chi connectivity index (χ0v) is 11.8. The largest absolute Gasteiger partial charge is 0.380 e. The van der Waals surface area contributed by atoms with Crippen LogP contribution in [0.15, 0.2) is 58.6 Å². The van der Waals surface area contributed by atoms with Gasteiger partial charge >= 0.3 is 0 Å². The van der Waals surface area contributed by atoms with Gasteiger partial charge in [0.2, 0.25) is 0 Å². The number of hydrogen-bond donors (Lipinski definition) is 1. The average molecular weight is 293 g/mol. The first-order valence-corrected chi connectivity index (χ1v) is 7.35. The minimum Gasteiger partial charge on any atom is -0.380 e. The number of anilines is 1. The zero-order valence-electron chi connectivity index (χ0n) is 11.0. The van der Waals surface area contributed by atoms with Crippen molar-refractivity contribution >= 4 is 28.1 Å². The lowest BCUT2D eigenvalue weighted by Crippen LogP contribution is -1.88. The van der Waals surface area contributed by atoms with Gasteiger partial charge in [0.1, 0.15) is 0 Å². The summed E-state index contributed by atoms with van der Waals surface area (Å²) in [5, 5.41) is 7.00. The molecular formula is C16H11N3OS. The van der Waals surface area contributed by atoms with Crippen LogP contribution in [0.2, 0.25) is 0 Å². The molecule has 2 N–H and O–H groups in total. The third-order valence-electron chi connectivity index (χ3n) is 3.36. The van der Waals surface area contributed by atoms with Crippen molar-refractivity contribution in [2.24, 2.45) is 0 Å². The standard InChI is InChI=1S/C16H11N3OS/c17-16-13(12-7-3-9-21-12)15(20-19-16)11-6-1-4-10-5-2-8-18-14(10)11/h1-9H,(H2,17,19). The summed E-state index contributed by atoms with van der Waals surface area (Å²) in [5.41, 5.74) is 8.62. The van der Waals surface area contributed by atoms with E-state index >= 15 is 0 Å². The summed E-state index contributed by atoms with van der Waals surface area (Å²) in [5.74, 6) is 1.07. The maximum Gasteiger partial charge on any atom is 0.179 e. The molecule has 3 heterocycles. The van der Waals surface area contributed by atoms with E-state index in [9.17, 15) is 0 Å². The Labute approximate surface area is 124 Å². The molecule has 21 heavy (non-hydrogen) atoms. The predicted octanol–water partition coefficient (Wildman–Crippen LogP) is 4.20. The second-order valence-electron chi connectivity index (χ2n) is 4.63. The van der Waals surface area contributed by atoms with Crippen LogP contribution in [0.1, 0.15) is 0 Å². The Hall–Kier alpha value is -2.66. The molecule has 4 nitrogen and oxygen atoms in total. The van der Waals surface area contributed by atoms with Crippen molar-refractivity contribution < 1.29 is 4.52 Å². The number of rotatable bonds is 2. The van der Waals surface area contributed by atoms with Crippen LogP contribution in [0, 0.1) is 0 Å².